The average Bonchev–Trinajstić information content (AvgIpc) is 1.63. The molecule has 0 radical (unpaired) electrons. The second-order valence-electron chi connectivity index (χ2n) is 35.0. The van der Waals surface area contributed by atoms with Crippen LogP contribution in [0.3, 0.4) is 0 Å². The zero-order chi connectivity index (χ0) is 103. The number of hydrogen-bond acceptors (Lipinski definition) is 27. The number of methoxy groups -OCH3 is 5. The summed E-state index contributed by atoms with van der Waals surface area (Å²) in [6, 6.07) is 19.5. The lowest BCUT2D eigenvalue weighted by molar-refractivity contribution is -0.142. The van der Waals surface area contributed by atoms with Crippen LogP contribution in [0.4, 0.5) is 65.9 Å². The van der Waals surface area contributed by atoms with Crippen LogP contribution in [0.15, 0.2) is 204 Å². The van der Waals surface area contributed by atoms with Crippen molar-refractivity contribution in [2.75, 3.05) is 75.2 Å². The van der Waals surface area contributed by atoms with E-state index in [1.165, 1.54) is 103 Å². The molecule has 19 rings (SSSR count). The Bertz CT molecular complexity index is 5990. The maximum Gasteiger partial charge on any atom is 0.337 e. The lowest BCUT2D eigenvalue weighted by Crippen LogP contribution is -2.35. The van der Waals surface area contributed by atoms with Gasteiger partial charge in [0.2, 0.25) is 0 Å². The van der Waals surface area contributed by atoms with Gasteiger partial charge in [-0.1, -0.05) is 60.7 Å². The Morgan fingerprint density at radius 1 is 0.319 bits per heavy atom. The molecule has 0 saturated heterocycles. The highest BCUT2D eigenvalue weighted by Crippen LogP contribution is 2.65. The van der Waals surface area contributed by atoms with Crippen molar-refractivity contribution in [2.24, 2.45) is 0 Å². The van der Waals surface area contributed by atoms with E-state index in [1.807, 2.05) is 0 Å². The third-order valence-corrected chi connectivity index (χ3v) is 26.3. The summed E-state index contributed by atoms with van der Waals surface area (Å²) in [6.45, 7) is 10.2. The average molecular weight is 1980 g/mol. The molecule has 0 aromatic heterocycles. The molecular formula is C99H88F15N5O22. The van der Waals surface area contributed by atoms with E-state index in [1.54, 1.807) is 34.6 Å². The number of dihydropyridines is 5. The Labute approximate surface area is 792 Å². The number of halogens is 15. The molecular weight excluding hydrogens is 1900 g/mol. The van der Waals surface area contributed by atoms with Gasteiger partial charge in [-0.3, -0.25) is 4.79 Å². The lowest BCUT2D eigenvalue weighted by Gasteiger charge is -2.32. The highest BCUT2D eigenvalue weighted by Gasteiger charge is 2.65. The van der Waals surface area contributed by atoms with Crippen LogP contribution in [0.1, 0.15) is 195 Å². The van der Waals surface area contributed by atoms with Crippen LogP contribution in [0, 0.1) is 29.1 Å². The van der Waals surface area contributed by atoms with Gasteiger partial charge in [-0.15, -0.1) is 0 Å². The summed E-state index contributed by atoms with van der Waals surface area (Å²) in [5, 5.41) is 14.6. The van der Waals surface area contributed by atoms with Crippen LogP contribution < -0.4 is 26.6 Å². The summed E-state index contributed by atoms with van der Waals surface area (Å²) in [5.74, 6) is -39.1. The van der Waals surface area contributed by atoms with E-state index in [4.69, 9.17) is 52.1 Å². The third kappa shape index (κ3) is 18.9. The number of ether oxygens (including phenoxy) is 11. The standard InChI is InChI=1S/C23H24F3NO6.4C19H16F3NO4/c1-5-32-22(30)20-16(10-33-12(3)28)27-11(2)17(21(29)31-4)19(20)13-7-6-8-15(24)18(13)14-9-23(14,25)26;4*1-8-13(17(24)26-2)15(16-12(23-8)7-27-18(16)25)9-4-3-5-11(20)14(9)10-6-19(10,21)22/h6-8,14,19,27H,5,9-10H2,1-4H3;4*3-5,10,15,23H,6-7H2,1-2H3/t;2*10-,15+;2*10-,15-/m.1010/s1. The van der Waals surface area contributed by atoms with Gasteiger partial charge in [0.25, 0.3) is 29.6 Å². The topological polar surface area (TPSA) is 349 Å². The predicted octanol–water partition coefficient (Wildman–Crippen LogP) is 15.0. The molecule has 5 aromatic carbocycles. The number of cyclic esters (lactones) is 4. The van der Waals surface area contributed by atoms with E-state index in [2.05, 4.69) is 26.6 Å². The van der Waals surface area contributed by atoms with Crippen molar-refractivity contribution in [1.82, 2.24) is 26.6 Å². The molecule has 141 heavy (non-hydrogen) atoms. The van der Waals surface area contributed by atoms with E-state index in [0.29, 0.717) is 45.6 Å². The van der Waals surface area contributed by atoms with E-state index >= 15 is 0 Å². The number of carbonyl (C=O) groups is 11. The Balaban J connectivity index is 0.000000133. The van der Waals surface area contributed by atoms with Crippen LogP contribution in [0.2, 0.25) is 0 Å². The molecule has 27 nitrogen and oxygen atoms in total. The molecule has 9 aliphatic heterocycles. The van der Waals surface area contributed by atoms with Crippen LogP contribution in [0.25, 0.3) is 0 Å². The van der Waals surface area contributed by atoms with Crippen LogP contribution >= 0.6 is 0 Å². The summed E-state index contributed by atoms with van der Waals surface area (Å²) in [6.07, 6.45) is -2.45. The van der Waals surface area contributed by atoms with Crippen LogP contribution in [0.5, 0.6) is 0 Å². The van der Waals surface area contributed by atoms with Crippen molar-refractivity contribution in [1.29, 1.82) is 0 Å². The fraction of sp³-hybridized carbons (Fsp3) is 0.384. The molecule has 0 bridgehead atoms. The number of hydrogen-bond donors (Lipinski definition) is 5. The minimum absolute atomic E-state index is 0.0156. The fourth-order valence-corrected chi connectivity index (χ4v) is 19.5. The Morgan fingerprint density at radius 2 is 0.525 bits per heavy atom. The lowest BCUT2D eigenvalue weighted by atomic mass is 9.77. The second-order valence-corrected chi connectivity index (χ2v) is 35.0. The molecule has 14 aliphatic rings. The first kappa shape index (κ1) is 101. The number of rotatable bonds is 19. The van der Waals surface area contributed by atoms with E-state index < -0.39 is 216 Å². The van der Waals surface area contributed by atoms with Gasteiger partial charge in [0, 0.05) is 95.3 Å². The quantitative estimate of drug-likeness (QED) is 0.0291. The first-order valence-electron chi connectivity index (χ1n) is 43.8. The van der Waals surface area contributed by atoms with Gasteiger partial charge >= 0.3 is 65.7 Å². The summed E-state index contributed by atoms with van der Waals surface area (Å²) < 4.78 is 266. The molecule has 5 aliphatic carbocycles. The molecule has 5 saturated carbocycles. The molecule has 5 aromatic rings. The smallest absolute Gasteiger partial charge is 0.337 e. The highest BCUT2D eigenvalue weighted by molar-refractivity contribution is 6.06. The molecule has 0 amide bonds. The molecule has 2 unspecified atom stereocenters. The zero-order valence-electron chi connectivity index (χ0n) is 76.9. The summed E-state index contributed by atoms with van der Waals surface area (Å²) in [5.41, 5.74) is 3.95. The Kier molecular flexibility index (Phi) is 27.5. The van der Waals surface area contributed by atoms with E-state index in [9.17, 15) is 119 Å². The van der Waals surface area contributed by atoms with Crippen molar-refractivity contribution in [2.45, 2.75) is 169 Å². The number of carbonyl (C=O) groups excluding carboxylic acids is 11. The van der Waals surface area contributed by atoms with Gasteiger partial charge in [0.05, 0.1) is 186 Å². The van der Waals surface area contributed by atoms with Gasteiger partial charge in [0.15, 0.2) is 0 Å². The third-order valence-electron chi connectivity index (χ3n) is 26.3. The van der Waals surface area contributed by atoms with Crippen LogP contribution in [-0.4, -0.2) is 170 Å². The minimum Gasteiger partial charge on any atom is -0.466 e. The monoisotopic (exact) mass is 1980 g/mol. The van der Waals surface area contributed by atoms with Gasteiger partial charge < -0.3 is 78.7 Å². The van der Waals surface area contributed by atoms with Gasteiger partial charge in [0.1, 0.15) is 62.1 Å². The number of esters is 11. The summed E-state index contributed by atoms with van der Waals surface area (Å²) in [4.78, 5) is 136. The predicted molar refractivity (Wildman–Crippen MR) is 459 cm³/mol. The largest absolute Gasteiger partial charge is 0.466 e. The fourth-order valence-electron chi connectivity index (χ4n) is 19.5. The number of allylic oxidation sites excluding steroid dienone is 5. The van der Waals surface area contributed by atoms with E-state index in [-0.39, 0.29) is 162 Å². The van der Waals surface area contributed by atoms with Crippen molar-refractivity contribution < 1.29 is 171 Å². The van der Waals surface area contributed by atoms with Crippen LogP contribution in [-0.2, 0) is 105 Å². The molecule has 746 valence electrons. The maximum atomic E-state index is 14.9. The normalized spacial score (nSPS) is 24.7. The number of alkyl halides is 10. The molecule has 9 heterocycles. The van der Waals surface area contributed by atoms with Gasteiger partial charge in [-0.2, -0.15) is 0 Å². The highest BCUT2D eigenvalue weighted by atomic mass is 19.3. The zero-order valence-corrected chi connectivity index (χ0v) is 76.9. The summed E-state index contributed by atoms with van der Waals surface area (Å²) in [7, 11) is 5.84. The summed E-state index contributed by atoms with van der Waals surface area (Å²) >= 11 is 0. The van der Waals surface area contributed by atoms with Gasteiger partial charge in [-0.25, -0.2) is 114 Å². The van der Waals surface area contributed by atoms with Gasteiger partial charge in [-0.05, 0) is 99.7 Å². The van der Waals surface area contributed by atoms with E-state index in [0.717, 1.165) is 37.4 Å². The first-order chi connectivity index (χ1) is 66.6. The minimum atomic E-state index is -3.11. The number of nitrogens with one attached hydrogen (secondary N) is 5. The Morgan fingerprint density at radius 3 is 0.723 bits per heavy atom. The Hall–Kier alpha value is -14.4. The number of benzene rings is 5. The molecule has 10 atom stereocenters. The molecule has 0 spiro atoms. The van der Waals surface area contributed by atoms with Crippen molar-refractivity contribution >= 4 is 65.7 Å². The SMILES string of the molecule is CCOC(=O)C1=C(COC(C)=O)NC(C)=C(C(=O)OC)C1c1cccc(F)c1C1CC1(F)F.COC(=O)C1=C(C)NC2=C(C(=O)OC2)[C@@H]1c1cccc(F)c1[C@@H]1CC1(F)F.COC(=O)C1=C(C)NC2=C(C(=O)OC2)[C@@H]1c1cccc(F)c1[C@H]1CC1(F)F.COC(=O)C1=C(C)NC2=C(C(=O)OC2)[C@H]1c1cccc(F)c1[C@@H]1CC1(F)F.COC(=O)C1=C(C)NC2=C(C(=O)OC2)[C@H]1c1cccc(F)c1[C@H]1CC1(F)F. The van der Waals surface area contributed by atoms with Crippen molar-refractivity contribution in [3.05, 3.63) is 288 Å². The molecule has 5 fully saturated rings. The van der Waals surface area contributed by atoms with Crippen molar-refractivity contribution in [3.8, 4) is 0 Å². The molecule has 5 N–H and O–H groups in total. The van der Waals surface area contributed by atoms with Crippen molar-refractivity contribution in [3.63, 3.8) is 0 Å². The first-order valence-corrected chi connectivity index (χ1v) is 43.8. The maximum absolute atomic E-state index is 14.9. The second kappa shape index (κ2) is 38.3. The molecule has 42 heteroatoms.